The lowest BCUT2D eigenvalue weighted by atomic mass is 10.3. The van der Waals surface area contributed by atoms with Gasteiger partial charge in [-0.15, -0.1) is 0 Å². The zero-order valence-corrected chi connectivity index (χ0v) is 12.6. The van der Waals surface area contributed by atoms with E-state index in [1.807, 2.05) is 68.4 Å². The Morgan fingerprint density at radius 2 is 1.77 bits per heavy atom. The number of benzene rings is 1. The van der Waals surface area contributed by atoms with E-state index in [-0.39, 0.29) is 0 Å². The molecule has 0 atom stereocenters. The molecular formula is C18H17N3O. The first-order chi connectivity index (χ1) is 10.7. The fourth-order valence-electron chi connectivity index (χ4n) is 2.12. The third-order valence-corrected chi connectivity index (χ3v) is 3.18. The highest BCUT2D eigenvalue weighted by atomic mass is 16.5. The van der Waals surface area contributed by atoms with Crippen molar-refractivity contribution >= 4 is 11.5 Å². The Balaban J connectivity index is 1.79. The van der Waals surface area contributed by atoms with Crippen LogP contribution in [0.5, 0.6) is 11.5 Å². The van der Waals surface area contributed by atoms with Crippen LogP contribution in [0.3, 0.4) is 0 Å². The summed E-state index contributed by atoms with van der Waals surface area (Å²) in [6, 6.07) is 17.5. The zero-order valence-electron chi connectivity index (χ0n) is 12.6. The van der Waals surface area contributed by atoms with Crippen molar-refractivity contribution < 1.29 is 4.74 Å². The van der Waals surface area contributed by atoms with E-state index in [9.17, 15) is 0 Å². The Morgan fingerprint density at radius 3 is 2.55 bits per heavy atom. The second kappa shape index (κ2) is 6.26. The molecule has 2 aromatic heterocycles. The van der Waals surface area contributed by atoms with Crippen molar-refractivity contribution in [1.29, 1.82) is 0 Å². The Bertz CT molecular complexity index is 772. The van der Waals surface area contributed by atoms with Gasteiger partial charge in [-0.25, -0.2) is 4.98 Å². The molecule has 110 valence electrons. The van der Waals surface area contributed by atoms with Crippen molar-refractivity contribution in [2.45, 2.75) is 13.8 Å². The topological polar surface area (TPSA) is 47.0 Å². The van der Waals surface area contributed by atoms with Crippen molar-refractivity contribution in [2.75, 3.05) is 5.32 Å². The monoisotopic (exact) mass is 291 g/mol. The van der Waals surface area contributed by atoms with E-state index in [0.717, 1.165) is 34.4 Å². The van der Waals surface area contributed by atoms with Crippen molar-refractivity contribution in [3.05, 3.63) is 72.2 Å². The quantitative estimate of drug-likeness (QED) is 0.761. The number of para-hydroxylation sites is 1. The second-order valence-corrected chi connectivity index (χ2v) is 5.01. The van der Waals surface area contributed by atoms with Crippen LogP contribution in [0.2, 0.25) is 0 Å². The van der Waals surface area contributed by atoms with Gasteiger partial charge in [-0.2, -0.15) is 0 Å². The number of nitrogens with one attached hydrogen (secondary N) is 1. The zero-order chi connectivity index (χ0) is 15.4. The average molecular weight is 291 g/mol. The highest BCUT2D eigenvalue weighted by Gasteiger charge is 2.04. The van der Waals surface area contributed by atoms with Crippen LogP contribution < -0.4 is 10.1 Å². The summed E-state index contributed by atoms with van der Waals surface area (Å²) in [5.41, 5.74) is 2.83. The first-order valence-electron chi connectivity index (χ1n) is 7.11. The van der Waals surface area contributed by atoms with Crippen LogP contribution in [0.1, 0.15) is 11.4 Å². The van der Waals surface area contributed by atoms with Crippen LogP contribution in [0.4, 0.5) is 11.5 Å². The largest absolute Gasteiger partial charge is 0.455 e. The highest BCUT2D eigenvalue weighted by molar-refractivity contribution is 5.57. The standard InChI is InChI=1S/C18H17N3O/c1-13-8-9-17(14(2)20-13)22-16-10-11-19-18(12-16)21-15-6-4-3-5-7-15/h3-12H,1-2H3,(H,19,21). The summed E-state index contributed by atoms with van der Waals surface area (Å²) in [5.74, 6) is 2.21. The van der Waals surface area contributed by atoms with Gasteiger partial charge in [-0.3, -0.25) is 4.98 Å². The van der Waals surface area contributed by atoms with Crippen LogP contribution in [-0.2, 0) is 0 Å². The highest BCUT2D eigenvalue weighted by Crippen LogP contribution is 2.26. The van der Waals surface area contributed by atoms with Gasteiger partial charge in [-0.1, -0.05) is 18.2 Å². The van der Waals surface area contributed by atoms with Gasteiger partial charge in [0, 0.05) is 23.6 Å². The van der Waals surface area contributed by atoms with Gasteiger partial charge >= 0.3 is 0 Å². The number of rotatable bonds is 4. The summed E-state index contributed by atoms with van der Waals surface area (Å²) >= 11 is 0. The SMILES string of the molecule is Cc1ccc(Oc2ccnc(Nc3ccccc3)c2)c(C)n1. The Morgan fingerprint density at radius 1 is 0.955 bits per heavy atom. The maximum absolute atomic E-state index is 5.90. The van der Waals surface area contributed by atoms with Crippen LogP contribution in [0.15, 0.2) is 60.8 Å². The van der Waals surface area contributed by atoms with Crippen LogP contribution in [0, 0.1) is 13.8 Å². The van der Waals surface area contributed by atoms with Gasteiger partial charge in [0.1, 0.15) is 17.3 Å². The molecule has 0 fully saturated rings. The minimum absolute atomic E-state index is 0.724. The molecule has 0 unspecified atom stereocenters. The molecule has 0 aliphatic heterocycles. The molecule has 0 radical (unpaired) electrons. The number of hydrogen-bond acceptors (Lipinski definition) is 4. The van der Waals surface area contributed by atoms with Gasteiger partial charge in [-0.05, 0) is 44.2 Å². The number of aromatic nitrogens is 2. The van der Waals surface area contributed by atoms with Gasteiger partial charge in [0.25, 0.3) is 0 Å². The molecule has 1 aromatic carbocycles. The molecule has 3 rings (SSSR count). The van der Waals surface area contributed by atoms with Gasteiger partial charge in [0.15, 0.2) is 0 Å². The van der Waals surface area contributed by atoms with E-state index in [1.54, 1.807) is 6.20 Å². The lowest BCUT2D eigenvalue weighted by molar-refractivity contribution is 0.475. The third-order valence-electron chi connectivity index (χ3n) is 3.18. The molecule has 0 saturated heterocycles. The van der Waals surface area contributed by atoms with Crippen LogP contribution >= 0.6 is 0 Å². The lowest BCUT2D eigenvalue weighted by Crippen LogP contribution is -1.95. The Labute approximate surface area is 129 Å². The smallest absolute Gasteiger partial charge is 0.148 e. The molecular weight excluding hydrogens is 274 g/mol. The molecule has 0 bridgehead atoms. The fourth-order valence-corrected chi connectivity index (χ4v) is 2.12. The number of ether oxygens (including phenoxy) is 1. The molecule has 4 nitrogen and oxygen atoms in total. The summed E-state index contributed by atoms with van der Waals surface area (Å²) in [5, 5.41) is 3.25. The molecule has 1 N–H and O–H groups in total. The van der Waals surface area contributed by atoms with E-state index in [4.69, 9.17) is 4.74 Å². The molecule has 3 aromatic rings. The summed E-state index contributed by atoms with van der Waals surface area (Å²) in [7, 11) is 0. The van der Waals surface area contributed by atoms with Crippen molar-refractivity contribution in [1.82, 2.24) is 9.97 Å². The average Bonchev–Trinajstić information content (AvgIpc) is 2.52. The minimum Gasteiger partial charge on any atom is -0.455 e. The van der Waals surface area contributed by atoms with E-state index in [2.05, 4.69) is 15.3 Å². The van der Waals surface area contributed by atoms with Crippen molar-refractivity contribution in [3.63, 3.8) is 0 Å². The van der Waals surface area contributed by atoms with E-state index >= 15 is 0 Å². The van der Waals surface area contributed by atoms with E-state index < -0.39 is 0 Å². The number of hydrogen-bond donors (Lipinski definition) is 1. The molecule has 2 heterocycles. The van der Waals surface area contributed by atoms with Gasteiger partial charge in [0.2, 0.25) is 0 Å². The summed E-state index contributed by atoms with van der Waals surface area (Å²) < 4.78 is 5.90. The van der Waals surface area contributed by atoms with E-state index in [0.29, 0.717) is 0 Å². The number of nitrogens with zero attached hydrogens (tertiary/aromatic N) is 2. The third kappa shape index (κ3) is 3.41. The van der Waals surface area contributed by atoms with Crippen molar-refractivity contribution in [2.24, 2.45) is 0 Å². The summed E-state index contributed by atoms with van der Waals surface area (Å²) in [6.45, 7) is 3.90. The second-order valence-electron chi connectivity index (χ2n) is 5.01. The number of pyridine rings is 2. The lowest BCUT2D eigenvalue weighted by Gasteiger charge is -2.10. The minimum atomic E-state index is 0.724. The number of aryl methyl sites for hydroxylation is 2. The van der Waals surface area contributed by atoms with Crippen molar-refractivity contribution in [3.8, 4) is 11.5 Å². The predicted molar refractivity (Wildman–Crippen MR) is 87.7 cm³/mol. The number of anilines is 2. The molecule has 4 heteroatoms. The molecule has 22 heavy (non-hydrogen) atoms. The first kappa shape index (κ1) is 14.1. The van der Waals surface area contributed by atoms with Crippen LogP contribution in [-0.4, -0.2) is 9.97 Å². The van der Waals surface area contributed by atoms with Gasteiger partial charge < -0.3 is 10.1 Å². The van der Waals surface area contributed by atoms with Gasteiger partial charge in [0.05, 0.1) is 5.69 Å². The fraction of sp³-hybridized carbons (Fsp3) is 0.111. The first-order valence-corrected chi connectivity index (χ1v) is 7.11. The summed E-state index contributed by atoms with van der Waals surface area (Å²) in [4.78, 5) is 8.71. The molecule has 0 amide bonds. The maximum Gasteiger partial charge on any atom is 0.148 e. The summed E-state index contributed by atoms with van der Waals surface area (Å²) in [6.07, 6.45) is 1.72. The van der Waals surface area contributed by atoms with E-state index in [1.165, 1.54) is 0 Å². The molecule has 0 aliphatic rings. The molecule has 0 spiro atoms. The van der Waals surface area contributed by atoms with Crippen LogP contribution in [0.25, 0.3) is 0 Å². The normalized spacial score (nSPS) is 10.3. The maximum atomic E-state index is 5.90. The predicted octanol–water partition coefficient (Wildman–Crippen LogP) is 4.63. The molecule has 0 saturated carbocycles. The molecule has 0 aliphatic carbocycles. The Hall–Kier alpha value is -2.88. The Kier molecular flexibility index (Phi) is 4.01.